The lowest BCUT2D eigenvalue weighted by Crippen LogP contribution is -2.33. The van der Waals surface area contributed by atoms with Crippen molar-refractivity contribution in [3.05, 3.63) is 24.2 Å². The summed E-state index contributed by atoms with van der Waals surface area (Å²) in [5, 5.41) is 3.02. The molecular formula is C13H19NO2. The molecule has 16 heavy (non-hydrogen) atoms. The van der Waals surface area contributed by atoms with Gasteiger partial charge in [0.1, 0.15) is 5.76 Å². The van der Waals surface area contributed by atoms with Crippen LogP contribution < -0.4 is 5.32 Å². The van der Waals surface area contributed by atoms with Gasteiger partial charge in [0, 0.05) is 5.92 Å². The van der Waals surface area contributed by atoms with Crippen LogP contribution in [0.2, 0.25) is 0 Å². The van der Waals surface area contributed by atoms with Crippen molar-refractivity contribution in [1.29, 1.82) is 0 Å². The highest BCUT2D eigenvalue weighted by molar-refractivity contribution is 5.79. The van der Waals surface area contributed by atoms with Gasteiger partial charge in [-0.05, 0) is 31.9 Å². The van der Waals surface area contributed by atoms with E-state index < -0.39 is 0 Å². The molecule has 1 saturated carbocycles. The summed E-state index contributed by atoms with van der Waals surface area (Å²) >= 11 is 0. The van der Waals surface area contributed by atoms with Crippen LogP contribution in [-0.2, 0) is 4.79 Å². The molecule has 0 saturated heterocycles. The Morgan fingerprint density at radius 3 is 2.81 bits per heavy atom. The van der Waals surface area contributed by atoms with Gasteiger partial charge in [-0.3, -0.25) is 4.79 Å². The quantitative estimate of drug-likeness (QED) is 0.852. The Hall–Kier alpha value is -1.25. The summed E-state index contributed by atoms with van der Waals surface area (Å²) in [6, 6.07) is 3.72. The van der Waals surface area contributed by atoms with E-state index in [-0.39, 0.29) is 17.9 Å². The van der Waals surface area contributed by atoms with E-state index in [0.29, 0.717) is 0 Å². The largest absolute Gasteiger partial charge is 0.467 e. The fraction of sp³-hybridized carbons (Fsp3) is 0.615. The molecule has 88 valence electrons. The molecule has 1 aromatic heterocycles. The third kappa shape index (κ3) is 2.65. The fourth-order valence-corrected chi connectivity index (χ4v) is 2.30. The molecule has 1 N–H and O–H groups in total. The van der Waals surface area contributed by atoms with Crippen molar-refractivity contribution in [2.24, 2.45) is 5.92 Å². The van der Waals surface area contributed by atoms with Crippen molar-refractivity contribution in [2.45, 2.75) is 45.1 Å². The zero-order chi connectivity index (χ0) is 11.4. The number of rotatable bonds is 3. The Bertz CT molecular complexity index is 326. The van der Waals surface area contributed by atoms with Crippen LogP contribution in [0.4, 0.5) is 0 Å². The van der Waals surface area contributed by atoms with Crippen molar-refractivity contribution < 1.29 is 9.21 Å². The second-order valence-electron chi connectivity index (χ2n) is 4.58. The third-order valence-electron chi connectivity index (χ3n) is 3.30. The molecule has 1 unspecified atom stereocenters. The van der Waals surface area contributed by atoms with Gasteiger partial charge in [-0.25, -0.2) is 0 Å². The van der Waals surface area contributed by atoms with Crippen LogP contribution in [0.1, 0.15) is 50.8 Å². The van der Waals surface area contributed by atoms with Gasteiger partial charge in [0.25, 0.3) is 0 Å². The minimum absolute atomic E-state index is 0.0237. The first-order chi connectivity index (χ1) is 7.77. The first kappa shape index (κ1) is 11.2. The average Bonchev–Trinajstić information content (AvgIpc) is 2.83. The molecular weight excluding hydrogens is 202 g/mol. The Labute approximate surface area is 96.2 Å². The van der Waals surface area contributed by atoms with Crippen molar-refractivity contribution >= 4 is 5.91 Å². The maximum absolute atomic E-state index is 12.0. The molecule has 2 rings (SSSR count). The molecule has 0 aromatic carbocycles. The molecule has 1 aromatic rings. The number of amides is 1. The molecule has 1 fully saturated rings. The first-order valence-electron chi connectivity index (χ1n) is 6.11. The molecule has 1 aliphatic carbocycles. The molecule has 1 heterocycles. The van der Waals surface area contributed by atoms with Crippen LogP contribution >= 0.6 is 0 Å². The molecule has 3 heteroatoms. The molecule has 1 atom stereocenters. The van der Waals surface area contributed by atoms with Crippen LogP contribution in [0.25, 0.3) is 0 Å². The molecule has 1 aliphatic rings. The van der Waals surface area contributed by atoms with E-state index in [9.17, 15) is 4.79 Å². The normalized spacial score (nSPS) is 19.3. The van der Waals surface area contributed by atoms with Gasteiger partial charge in [-0.2, -0.15) is 0 Å². The van der Waals surface area contributed by atoms with Crippen LogP contribution in [-0.4, -0.2) is 5.91 Å². The number of carbonyl (C=O) groups excluding carboxylic acids is 1. The van der Waals surface area contributed by atoms with Gasteiger partial charge >= 0.3 is 0 Å². The Morgan fingerprint density at radius 1 is 1.44 bits per heavy atom. The van der Waals surface area contributed by atoms with Crippen LogP contribution in [0, 0.1) is 5.92 Å². The van der Waals surface area contributed by atoms with Gasteiger partial charge in [0.05, 0.1) is 12.3 Å². The van der Waals surface area contributed by atoms with E-state index in [1.54, 1.807) is 6.26 Å². The number of hydrogen-bond acceptors (Lipinski definition) is 2. The average molecular weight is 221 g/mol. The van der Waals surface area contributed by atoms with Crippen molar-refractivity contribution in [3.8, 4) is 0 Å². The Morgan fingerprint density at radius 2 is 2.19 bits per heavy atom. The van der Waals surface area contributed by atoms with Gasteiger partial charge in [0.2, 0.25) is 5.91 Å². The van der Waals surface area contributed by atoms with Gasteiger partial charge in [-0.15, -0.1) is 0 Å². The molecule has 0 radical (unpaired) electrons. The smallest absolute Gasteiger partial charge is 0.223 e. The highest BCUT2D eigenvalue weighted by Gasteiger charge is 2.22. The number of hydrogen-bond donors (Lipinski definition) is 1. The van der Waals surface area contributed by atoms with E-state index in [1.165, 1.54) is 19.3 Å². The van der Waals surface area contributed by atoms with E-state index in [0.717, 1.165) is 18.6 Å². The number of nitrogens with one attached hydrogen (secondary N) is 1. The number of carbonyl (C=O) groups is 1. The molecule has 0 aliphatic heterocycles. The van der Waals surface area contributed by atoms with Crippen molar-refractivity contribution in [2.75, 3.05) is 0 Å². The maximum atomic E-state index is 12.0. The predicted molar refractivity (Wildman–Crippen MR) is 61.8 cm³/mol. The highest BCUT2D eigenvalue weighted by Crippen LogP contribution is 2.24. The Balaban J connectivity index is 1.86. The van der Waals surface area contributed by atoms with Crippen molar-refractivity contribution in [1.82, 2.24) is 5.32 Å². The second kappa shape index (κ2) is 5.19. The first-order valence-corrected chi connectivity index (χ1v) is 6.11. The summed E-state index contributed by atoms with van der Waals surface area (Å²) < 4.78 is 5.27. The fourth-order valence-electron chi connectivity index (χ4n) is 2.30. The maximum Gasteiger partial charge on any atom is 0.223 e. The lowest BCUT2D eigenvalue weighted by molar-refractivity contribution is -0.126. The molecule has 0 bridgehead atoms. The molecule has 3 nitrogen and oxygen atoms in total. The predicted octanol–water partition coefficient (Wildman–Crippen LogP) is 3.04. The van der Waals surface area contributed by atoms with Gasteiger partial charge in [-0.1, -0.05) is 19.3 Å². The van der Waals surface area contributed by atoms with E-state index in [4.69, 9.17) is 4.42 Å². The lowest BCUT2D eigenvalue weighted by atomic mass is 9.88. The Kier molecular flexibility index (Phi) is 3.65. The zero-order valence-electron chi connectivity index (χ0n) is 9.74. The summed E-state index contributed by atoms with van der Waals surface area (Å²) in [7, 11) is 0. The molecule has 1 amide bonds. The minimum atomic E-state index is -0.0237. The van der Waals surface area contributed by atoms with E-state index in [2.05, 4.69) is 5.32 Å². The topological polar surface area (TPSA) is 42.2 Å². The summed E-state index contributed by atoms with van der Waals surface area (Å²) in [5.41, 5.74) is 0. The van der Waals surface area contributed by atoms with Crippen LogP contribution in [0.3, 0.4) is 0 Å². The monoisotopic (exact) mass is 221 g/mol. The lowest BCUT2D eigenvalue weighted by Gasteiger charge is -2.22. The standard InChI is InChI=1S/C13H19NO2/c1-10(12-8-5-9-16-12)14-13(15)11-6-3-2-4-7-11/h5,8-11H,2-4,6-7H2,1H3,(H,14,15). The minimum Gasteiger partial charge on any atom is -0.467 e. The van der Waals surface area contributed by atoms with Crippen LogP contribution in [0.15, 0.2) is 22.8 Å². The zero-order valence-corrected chi connectivity index (χ0v) is 9.74. The van der Waals surface area contributed by atoms with E-state index in [1.807, 2.05) is 19.1 Å². The number of furan rings is 1. The summed E-state index contributed by atoms with van der Waals surface area (Å²) in [5.74, 6) is 1.22. The summed E-state index contributed by atoms with van der Waals surface area (Å²) in [6.07, 6.45) is 7.37. The van der Waals surface area contributed by atoms with Crippen LogP contribution in [0.5, 0.6) is 0 Å². The third-order valence-corrected chi connectivity index (χ3v) is 3.30. The highest BCUT2D eigenvalue weighted by atomic mass is 16.3. The summed E-state index contributed by atoms with van der Waals surface area (Å²) in [4.78, 5) is 12.0. The molecule has 0 spiro atoms. The summed E-state index contributed by atoms with van der Waals surface area (Å²) in [6.45, 7) is 1.96. The van der Waals surface area contributed by atoms with Crippen molar-refractivity contribution in [3.63, 3.8) is 0 Å². The second-order valence-corrected chi connectivity index (χ2v) is 4.58. The van der Waals surface area contributed by atoms with Gasteiger partial charge < -0.3 is 9.73 Å². The SMILES string of the molecule is CC(NC(=O)C1CCCCC1)c1ccco1. The van der Waals surface area contributed by atoms with E-state index >= 15 is 0 Å². The van der Waals surface area contributed by atoms with Gasteiger partial charge in [0.15, 0.2) is 0 Å².